The lowest BCUT2D eigenvalue weighted by atomic mass is 9.99. The van der Waals surface area contributed by atoms with Gasteiger partial charge in [0.2, 0.25) is 0 Å². The minimum Gasteiger partial charge on any atom is -0.309 e. The Labute approximate surface area is 316 Å². The zero-order valence-corrected chi connectivity index (χ0v) is 29.5. The third-order valence-electron chi connectivity index (χ3n) is 11.1. The van der Waals surface area contributed by atoms with Crippen molar-refractivity contribution < 1.29 is 0 Å². The Kier molecular flexibility index (Phi) is 6.61. The van der Waals surface area contributed by atoms with Gasteiger partial charge < -0.3 is 13.7 Å². The molecule has 0 amide bonds. The first-order valence-corrected chi connectivity index (χ1v) is 18.3. The monoisotopic (exact) mass is 699 g/mol. The van der Waals surface area contributed by atoms with Crippen LogP contribution in [0.1, 0.15) is 11.1 Å². The van der Waals surface area contributed by atoms with Crippen LogP contribution in [0.4, 0.5) is 0 Å². The number of nitriles is 2. The maximum absolute atomic E-state index is 10.6. The minimum absolute atomic E-state index is 0.586. The summed E-state index contributed by atoms with van der Waals surface area (Å²) >= 11 is 0. The van der Waals surface area contributed by atoms with Gasteiger partial charge >= 0.3 is 0 Å². The van der Waals surface area contributed by atoms with Crippen molar-refractivity contribution in [2.75, 3.05) is 0 Å². The molecule has 0 N–H and O–H groups in total. The summed E-state index contributed by atoms with van der Waals surface area (Å²) in [5.74, 6) is 0. The van der Waals surface area contributed by atoms with Gasteiger partial charge in [0.25, 0.3) is 0 Å². The molecule has 0 bridgehead atoms. The molecule has 0 saturated carbocycles. The summed E-state index contributed by atoms with van der Waals surface area (Å²) in [6, 6.07) is 66.0. The van der Waals surface area contributed by atoms with Crippen LogP contribution in [0.25, 0.3) is 93.6 Å². The molecule has 0 aliphatic heterocycles. The second-order valence-electron chi connectivity index (χ2n) is 14.0. The van der Waals surface area contributed by atoms with Gasteiger partial charge in [-0.15, -0.1) is 0 Å². The fourth-order valence-corrected chi connectivity index (χ4v) is 8.78. The highest BCUT2D eigenvalue weighted by molar-refractivity contribution is 6.15. The zero-order valence-electron chi connectivity index (χ0n) is 29.5. The van der Waals surface area contributed by atoms with Crippen molar-refractivity contribution in [3.63, 3.8) is 0 Å². The topological polar surface area (TPSA) is 62.4 Å². The summed E-state index contributed by atoms with van der Waals surface area (Å²) in [4.78, 5) is 0. The molecule has 3 heterocycles. The van der Waals surface area contributed by atoms with E-state index >= 15 is 0 Å². The molecule has 3 aromatic heterocycles. The zero-order chi connectivity index (χ0) is 36.6. The summed E-state index contributed by atoms with van der Waals surface area (Å²) in [5.41, 5.74) is 12.6. The fraction of sp³-hybridized carbons (Fsp3) is 0. The Hall–Kier alpha value is -7.86. The lowest BCUT2D eigenvalue weighted by Crippen LogP contribution is -2.01. The smallest absolute Gasteiger partial charge is 0.0998 e. The molecular weight excluding hydrogens is 671 g/mol. The van der Waals surface area contributed by atoms with Gasteiger partial charge in [-0.1, -0.05) is 103 Å². The molecular formula is C50H29N5. The van der Waals surface area contributed by atoms with Crippen molar-refractivity contribution in [1.29, 1.82) is 10.5 Å². The van der Waals surface area contributed by atoms with Crippen molar-refractivity contribution in [1.82, 2.24) is 13.7 Å². The predicted molar refractivity (Wildman–Crippen MR) is 224 cm³/mol. The number of hydrogen-bond donors (Lipinski definition) is 0. The van der Waals surface area contributed by atoms with Gasteiger partial charge in [-0.25, -0.2) is 0 Å². The molecule has 0 aliphatic rings. The van der Waals surface area contributed by atoms with Crippen LogP contribution in [0, 0.1) is 22.7 Å². The number of hydrogen-bond acceptors (Lipinski definition) is 2. The average molecular weight is 700 g/mol. The van der Waals surface area contributed by atoms with E-state index in [1.165, 1.54) is 21.5 Å². The van der Waals surface area contributed by atoms with E-state index < -0.39 is 0 Å². The van der Waals surface area contributed by atoms with Crippen LogP contribution >= 0.6 is 0 Å². The van der Waals surface area contributed by atoms with Crippen LogP contribution in [-0.4, -0.2) is 13.7 Å². The molecule has 0 saturated heterocycles. The van der Waals surface area contributed by atoms with Crippen LogP contribution in [0.3, 0.4) is 0 Å². The van der Waals surface area contributed by atoms with Gasteiger partial charge in [-0.2, -0.15) is 10.5 Å². The van der Waals surface area contributed by atoms with E-state index in [1.54, 1.807) is 0 Å². The second-order valence-corrected chi connectivity index (χ2v) is 14.0. The Morgan fingerprint density at radius 3 is 1.58 bits per heavy atom. The standard InChI is InChI=1S/C50H29N5/c51-30-32-23-26-48-43(27-32)41-16-4-5-18-44(41)53(48)36-24-25-37(34(29-36)31-52)33-11-9-12-35(28-33)54-45-19-6-3-15-40(45)42-17-10-22-49(50(42)54)55-46-20-7-1-13-38(46)39-14-2-8-21-47(39)55/h1-29H. The summed E-state index contributed by atoms with van der Waals surface area (Å²) in [5, 5.41) is 27.1. The molecule has 0 fully saturated rings. The van der Waals surface area contributed by atoms with Crippen molar-refractivity contribution in [3.8, 4) is 40.3 Å². The normalized spacial score (nSPS) is 11.6. The van der Waals surface area contributed by atoms with Gasteiger partial charge in [-0.3, -0.25) is 0 Å². The lowest BCUT2D eigenvalue weighted by Gasteiger charge is -2.16. The van der Waals surface area contributed by atoms with Crippen molar-refractivity contribution in [2.45, 2.75) is 0 Å². The maximum atomic E-state index is 10.6. The first kappa shape index (κ1) is 30.7. The van der Waals surface area contributed by atoms with Gasteiger partial charge in [0.1, 0.15) is 0 Å². The molecule has 5 nitrogen and oxygen atoms in total. The Bertz CT molecular complexity index is 3420. The Morgan fingerprint density at radius 2 is 0.909 bits per heavy atom. The molecule has 0 radical (unpaired) electrons. The van der Waals surface area contributed by atoms with Crippen molar-refractivity contribution in [3.05, 3.63) is 187 Å². The molecule has 254 valence electrons. The van der Waals surface area contributed by atoms with Crippen LogP contribution in [0.15, 0.2) is 176 Å². The third-order valence-corrected chi connectivity index (χ3v) is 11.1. The number of rotatable bonds is 4. The van der Waals surface area contributed by atoms with Crippen LogP contribution in [-0.2, 0) is 0 Å². The van der Waals surface area contributed by atoms with Crippen LogP contribution in [0.5, 0.6) is 0 Å². The molecule has 11 aromatic rings. The van der Waals surface area contributed by atoms with E-state index in [4.69, 9.17) is 0 Å². The molecule has 0 atom stereocenters. The minimum atomic E-state index is 0.586. The SMILES string of the molecule is N#Cc1ccc2c(c1)c1ccccc1n2-c1ccc(-c2cccc(-n3c4ccccc4c4cccc(-n5c6ccccc6c6ccccc65)c43)c2)c(C#N)c1. The molecule has 5 heteroatoms. The predicted octanol–water partition coefficient (Wildman–Crippen LogP) is 12.4. The van der Waals surface area contributed by atoms with E-state index in [0.717, 1.165) is 72.1 Å². The van der Waals surface area contributed by atoms with E-state index in [9.17, 15) is 10.5 Å². The van der Waals surface area contributed by atoms with Crippen molar-refractivity contribution in [2.24, 2.45) is 0 Å². The first-order chi connectivity index (χ1) is 27.2. The fourth-order valence-electron chi connectivity index (χ4n) is 8.78. The highest BCUT2D eigenvalue weighted by Crippen LogP contribution is 2.41. The molecule has 8 aromatic carbocycles. The third kappa shape index (κ3) is 4.45. The first-order valence-electron chi connectivity index (χ1n) is 18.3. The number of para-hydroxylation sites is 5. The summed E-state index contributed by atoms with van der Waals surface area (Å²) in [6.45, 7) is 0. The summed E-state index contributed by atoms with van der Waals surface area (Å²) in [6.07, 6.45) is 0. The summed E-state index contributed by atoms with van der Waals surface area (Å²) in [7, 11) is 0. The number of nitrogens with zero attached hydrogens (tertiary/aromatic N) is 5. The second kappa shape index (κ2) is 11.8. The van der Waals surface area contributed by atoms with E-state index in [0.29, 0.717) is 11.1 Å². The Balaban J connectivity index is 1.12. The van der Waals surface area contributed by atoms with Gasteiger partial charge in [0.15, 0.2) is 0 Å². The van der Waals surface area contributed by atoms with Gasteiger partial charge in [0, 0.05) is 43.7 Å². The summed E-state index contributed by atoms with van der Waals surface area (Å²) < 4.78 is 6.96. The molecule has 55 heavy (non-hydrogen) atoms. The average Bonchev–Trinajstić information content (AvgIpc) is 3.89. The van der Waals surface area contributed by atoms with E-state index in [-0.39, 0.29) is 0 Å². The lowest BCUT2D eigenvalue weighted by molar-refractivity contribution is 1.13. The number of aromatic nitrogens is 3. The quantitative estimate of drug-likeness (QED) is 0.184. The van der Waals surface area contributed by atoms with E-state index in [1.807, 2.05) is 36.4 Å². The molecule has 0 spiro atoms. The van der Waals surface area contributed by atoms with Gasteiger partial charge in [-0.05, 0) is 83.9 Å². The largest absolute Gasteiger partial charge is 0.309 e. The highest BCUT2D eigenvalue weighted by Gasteiger charge is 2.21. The maximum Gasteiger partial charge on any atom is 0.0998 e. The van der Waals surface area contributed by atoms with E-state index in [2.05, 4.69) is 165 Å². The number of fused-ring (bicyclic) bond motifs is 9. The molecule has 0 unspecified atom stereocenters. The Morgan fingerprint density at radius 1 is 0.364 bits per heavy atom. The molecule has 11 rings (SSSR count). The van der Waals surface area contributed by atoms with Gasteiger partial charge in [0.05, 0.1) is 62.1 Å². The van der Waals surface area contributed by atoms with Crippen LogP contribution < -0.4 is 0 Å². The van der Waals surface area contributed by atoms with Crippen LogP contribution in [0.2, 0.25) is 0 Å². The highest BCUT2D eigenvalue weighted by atomic mass is 15.1. The number of benzene rings is 8. The van der Waals surface area contributed by atoms with Crippen molar-refractivity contribution >= 4 is 65.4 Å². The molecule has 0 aliphatic carbocycles.